The topological polar surface area (TPSA) is 125 Å². The van der Waals surface area contributed by atoms with Crippen LogP contribution in [0.1, 0.15) is 6.92 Å². The van der Waals surface area contributed by atoms with Gasteiger partial charge < -0.3 is 25.8 Å². The number of aliphatic hydroxyl groups excluding tert-OH is 3. The summed E-state index contributed by atoms with van der Waals surface area (Å²) in [6.07, 6.45) is -2.98. The van der Waals surface area contributed by atoms with Crippen molar-refractivity contribution in [3.05, 3.63) is 0 Å². The van der Waals surface area contributed by atoms with Gasteiger partial charge in [0.25, 0.3) is 0 Å². The number of hydrogen-bond acceptors (Lipinski definition) is 6. The number of aliphatic hydroxyl groups is 3. The molecule has 1 saturated heterocycles. The number of aliphatic imine (C=N–C) groups is 1. The Kier molecular flexibility index (Phi) is 4.36. The van der Waals surface area contributed by atoms with Gasteiger partial charge in [0.05, 0.1) is 12.5 Å². The predicted octanol–water partition coefficient (Wildman–Crippen LogP) is -2.38. The lowest BCUT2D eigenvalue weighted by Gasteiger charge is -2.10. The summed E-state index contributed by atoms with van der Waals surface area (Å²) in [6.45, 7) is 1.14. The summed E-state index contributed by atoms with van der Waals surface area (Å²) in [5.74, 6) is -1.13. The van der Waals surface area contributed by atoms with Crippen molar-refractivity contribution in [3.8, 4) is 0 Å². The Labute approximate surface area is 92.5 Å². The van der Waals surface area contributed by atoms with Crippen molar-refractivity contribution in [2.45, 2.75) is 31.5 Å². The Morgan fingerprint density at radius 3 is 2.62 bits per heavy atom. The Bertz CT molecular complexity index is 283. The summed E-state index contributed by atoms with van der Waals surface area (Å²) >= 11 is 0. The van der Waals surface area contributed by atoms with Crippen molar-refractivity contribution >= 4 is 12.1 Å². The van der Waals surface area contributed by atoms with Crippen molar-refractivity contribution in [2.24, 2.45) is 16.6 Å². The standard InChI is InChI=1S/C9H16N2O5/c1-4(8(10)15)2-11-9-7(14)6(13)5(3-12)16-9/h2,4-7,9,12-14H,3H2,1H3,(H2,10,15). The molecule has 5 unspecified atom stereocenters. The number of carbonyl (C=O) groups excluding carboxylic acids is 1. The fraction of sp³-hybridized carbons (Fsp3) is 0.778. The van der Waals surface area contributed by atoms with E-state index in [1.807, 2.05) is 0 Å². The van der Waals surface area contributed by atoms with E-state index in [1.54, 1.807) is 6.92 Å². The molecule has 7 heteroatoms. The Balaban J connectivity index is 2.59. The van der Waals surface area contributed by atoms with E-state index in [0.29, 0.717) is 0 Å². The number of rotatable bonds is 4. The Hall–Kier alpha value is -1.02. The zero-order valence-electron chi connectivity index (χ0n) is 8.85. The summed E-state index contributed by atoms with van der Waals surface area (Å²) in [4.78, 5) is 14.5. The third kappa shape index (κ3) is 2.76. The van der Waals surface area contributed by atoms with Gasteiger partial charge in [-0.1, -0.05) is 0 Å². The third-order valence-electron chi connectivity index (χ3n) is 2.42. The molecule has 0 radical (unpaired) electrons. The molecule has 7 nitrogen and oxygen atoms in total. The third-order valence-corrected chi connectivity index (χ3v) is 2.42. The van der Waals surface area contributed by atoms with Crippen molar-refractivity contribution in [3.63, 3.8) is 0 Å². The Morgan fingerprint density at radius 1 is 1.56 bits per heavy atom. The molecule has 92 valence electrons. The van der Waals surface area contributed by atoms with Crippen LogP contribution in [-0.4, -0.2) is 58.6 Å². The zero-order chi connectivity index (χ0) is 12.3. The number of carbonyl (C=O) groups is 1. The molecule has 0 aromatic carbocycles. The van der Waals surface area contributed by atoms with Crippen molar-refractivity contribution < 1.29 is 24.9 Å². The summed E-state index contributed by atoms with van der Waals surface area (Å²) in [7, 11) is 0. The summed E-state index contributed by atoms with van der Waals surface area (Å²) in [6, 6.07) is 0. The molecule has 16 heavy (non-hydrogen) atoms. The number of ether oxygens (including phenoxy) is 1. The highest BCUT2D eigenvalue weighted by Crippen LogP contribution is 2.21. The molecule has 0 spiro atoms. The molecular formula is C9H16N2O5. The van der Waals surface area contributed by atoms with Crippen LogP contribution in [0.5, 0.6) is 0 Å². The zero-order valence-corrected chi connectivity index (χ0v) is 8.85. The number of nitrogens with two attached hydrogens (primary N) is 1. The average Bonchev–Trinajstić information content (AvgIpc) is 2.52. The van der Waals surface area contributed by atoms with Crippen molar-refractivity contribution in [2.75, 3.05) is 6.61 Å². The van der Waals surface area contributed by atoms with Crippen LogP contribution in [0.25, 0.3) is 0 Å². The highest BCUT2D eigenvalue weighted by atomic mass is 16.6. The van der Waals surface area contributed by atoms with Gasteiger partial charge >= 0.3 is 0 Å². The smallest absolute Gasteiger partial charge is 0.225 e. The molecule has 0 bridgehead atoms. The number of primary amides is 1. The SMILES string of the molecule is CC(C=NC1OC(CO)C(O)C1O)C(N)=O. The van der Waals surface area contributed by atoms with E-state index >= 15 is 0 Å². The minimum Gasteiger partial charge on any atom is -0.394 e. The minimum absolute atomic E-state index is 0.407. The minimum atomic E-state index is -1.21. The van der Waals surface area contributed by atoms with E-state index in [0.717, 1.165) is 0 Å². The van der Waals surface area contributed by atoms with E-state index in [-0.39, 0.29) is 0 Å². The molecule has 1 aliphatic heterocycles. The molecule has 1 amide bonds. The molecule has 5 N–H and O–H groups in total. The number of amides is 1. The van der Waals surface area contributed by atoms with E-state index in [9.17, 15) is 15.0 Å². The maximum atomic E-state index is 10.7. The molecule has 1 rings (SSSR count). The van der Waals surface area contributed by atoms with Gasteiger partial charge in [0.2, 0.25) is 5.91 Å². The second-order valence-electron chi connectivity index (χ2n) is 3.72. The number of nitrogens with zero attached hydrogens (tertiary/aromatic N) is 1. The molecule has 1 fully saturated rings. The van der Waals surface area contributed by atoms with Crippen molar-refractivity contribution in [1.82, 2.24) is 0 Å². The Morgan fingerprint density at radius 2 is 2.19 bits per heavy atom. The normalized spacial score (nSPS) is 36.8. The summed E-state index contributed by atoms with van der Waals surface area (Å²) in [5, 5.41) is 27.7. The monoisotopic (exact) mass is 232 g/mol. The summed E-state index contributed by atoms with van der Waals surface area (Å²) < 4.78 is 5.07. The van der Waals surface area contributed by atoms with Crippen LogP contribution in [0.2, 0.25) is 0 Å². The molecular weight excluding hydrogens is 216 g/mol. The first-order chi connectivity index (χ1) is 7.47. The van der Waals surface area contributed by atoms with Crippen LogP contribution in [0.3, 0.4) is 0 Å². The molecule has 0 aromatic heterocycles. The van der Waals surface area contributed by atoms with Gasteiger partial charge in [-0.05, 0) is 6.92 Å². The lowest BCUT2D eigenvalue weighted by atomic mass is 10.1. The molecule has 0 aliphatic carbocycles. The van der Waals surface area contributed by atoms with Crippen LogP contribution < -0.4 is 5.73 Å². The second-order valence-corrected chi connectivity index (χ2v) is 3.72. The fourth-order valence-corrected chi connectivity index (χ4v) is 1.29. The first-order valence-electron chi connectivity index (χ1n) is 4.92. The molecule has 1 heterocycles. The van der Waals surface area contributed by atoms with Gasteiger partial charge in [-0.2, -0.15) is 0 Å². The molecule has 1 aliphatic rings. The van der Waals surface area contributed by atoms with Crippen LogP contribution in [0.15, 0.2) is 4.99 Å². The van der Waals surface area contributed by atoms with Crippen molar-refractivity contribution in [1.29, 1.82) is 0 Å². The predicted molar refractivity (Wildman–Crippen MR) is 54.6 cm³/mol. The summed E-state index contributed by atoms with van der Waals surface area (Å²) in [5.41, 5.74) is 5.01. The largest absolute Gasteiger partial charge is 0.394 e. The molecule has 5 atom stereocenters. The van der Waals surface area contributed by atoms with Gasteiger partial charge in [0.15, 0.2) is 6.23 Å². The maximum absolute atomic E-state index is 10.7. The van der Waals surface area contributed by atoms with Crippen LogP contribution in [0.4, 0.5) is 0 Å². The first-order valence-corrected chi connectivity index (χ1v) is 4.92. The second kappa shape index (κ2) is 5.35. The van der Waals surface area contributed by atoms with Gasteiger partial charge in [0, 0.05) is 6.21 Å². The number of hydrogen-bond donors (Lipinski definition) is 4. The van der Waals surface area contributed by atoms with Gasteiger partial charge in [0.1, 0.15) is 18.3 Å². The molecule has 0 saturated carbocycles. The maximum Gasteiger partial charge on any atom is 0.225 e. The lowest BCUT2D eigenvalue weighted by molar-refractivity contribution is -0.119. The molecule has 0 aromatic rings. The fourth-order valence-electron chi connectivity index (χ4n) is 1.29. The van der Waals surface area contributed by atoms with E-state index in [1.165, 1.54) is 6.21 Å². The van der Waals surface area contributed by atoms with Crippen LogP contribution in [0, 0.1) is 5.92 Å². The first kappa shape index (κ1) is 13.0. The van der Waals surface area contributed by atoms with Crippen LogP contribution in [-0.2, 0) is 9.53 Å². The lowest BCUT2D eigenvalue weighted by Crippen LogP contribution is -2.33. The average molecular weight is 232 g/mol. The van der Waals surface area contributed by atoms with E-state index in [4.69, 9.17) is 15.6 Å². The highest BCUT2D eigenvalue weighted by molar-refractivity contribution is 5.91. The van der Waals surface area contributed by atoms with E-state index in [2.05, 4.69) is 4.99 Å². The van der Waals surface area contributed by atoms with E-state index < -0.39 is 43.0 Å². The van der Waals surface area contributed by atoms with Crippen LogP contribution >= 0.6 is 0 Å². The van der Waals surface area contributed by atoms with Gasteiger partial charge in [-0.15, -0.1) is 0 Å². The van der Waals surface area contributed by atoms with Gasteiger partial charge in [-0.3, -0.25) is 9.79 Å². The quantitative estimate of drug-likeness (QED) is 0.403. The van der Waals surface area contributed by atoms with Gasteiger partial charge in [-0.25, -0.2) is 0 Å². The highest BCUT2D eigenvalue weighted by Gasteiger charge is 2.42.